The third-order valence-electron chi connectivity index (χ3n) is 16.5. The number of halogens is 1. The van der Waals surface area contributed by atoms with Crippen LogP contribution in [0.4, 0.5) is 11.6 Å². The lowest BCUT2D eigenvalue weighted by molar-refractivity contribution is -0.168. The SMILES string of the molecule is CCC1(CC)CC(OC(=O)C(C)(C)Cl)C1.CCC1(CC)CC(OC(=O)C(C)(C)NP(=O)(CO[C@H](C)Cn2cnc3c(N)ncnc32)NC(C)(C)C(=O)OC2CC(CC)(CC)C2)C1.C[C@H](Cn1cnc2c(N)ncnc21)OCP(=O)(O)O.N. The molecule has 7 rings (SSSR count). The summed E-state index contributed by atoms with van der Waals surface area (Å²) < 4.78 is 57.2. The fraction of sp³-hybridized carbons (Fsp3) is 0.759. The minimum absolute atomic E-state index is 0. The maximum atomic E-state index is 14.7. The predicted octanol–water partition coefficient (Wildman–Crippen LogP) is 9.35. The molecule has 3 aliphatic rings. The van der Waals surface area contributed by atoms with Crippen molar-refractivity contribution in [3.8, 4) is 0 Å². The van der Waals surface area contributed by atoms with Crippen LogP contribution in [0.25, 0.3) is 22.3 Å². The minimum atomic E-state index is -4.16. The van der Waals surface area contributed by atoms with Crippen LogP contribution in [0.15, 0.2) is 25.3 Å². The van der Waals surface area contributed by atoms with Crippen molar-refractivity contribution in [2.45, 2.75) is 234 Å². The van der Waals surface area contributed by atoms with Gasteiger partial charge < -0.3 is 60.2 Å². The Morgan fingerprint density at radius 3 is 1.23 bits per heavy atom. The van der Waals surface area contributed by atoms with E-state index in [1.54, 1.807) is 63.9 Å². The number of ether oxygens (including phenoxy) is 5. The van der Waals surface area contributed by atoms with Gasteiger partial charge in [0.15, 0.2) is 22.9 Å². The second-order valence-electron chi connectivity index (χ2n) is 24.1. The third-order valence-corrected chi connectivity index (χ3v) is 19.5. The molecular formula is C54H94ClN13O12P2. The molecule has 464 valence electrons. The zero-order valence-electron chi connectivity index (χ0n) is 50.7. The lowest BCUT2D eigenvalue weighted by Crippen LogP contribution is -2.56. The van der Waals surface area contributed by atoms with Crippen LogP contribution in [0.2, 0.25) is 0 Å². The Bertz CT molecular complexity index is 2780. The fourth-order valence-corrected chi connectivity index (χ4v) is 13.7. The minimum Gasteiger partial charge on any atom is -0.461 e. The van der Waals surface area contributed by atoms with Crippen molar-refractivity contribution >= 4 is 78.5 Å². The number of imidazole rings is 2. The largest absolute Gasteiger partial charge is 0.461 e. The van der Waals surface area contributed by atoms with Gasteiger partial charge in [-0.2, -0.15) is 0 Å². The summed E-state index contributed by atoms with van der Waals surface area (Å²) in [5, 5.41) is 6.06. The van der Waals surface area contributed by atoms with Gasteiger partial charge in [-0.3, -0.25) is 23.5 Å². The van der Waals surface area contributed by atoms with Gasteiger partial charge in [-0.15, -0.1) is 11.6 Å². The molecule has 0 aliphatic heterocycles. The van der Waals surface area contributed by atoms with Gasteiger partial charge in [0, 0.05) is 0 Å². The first kappa shape index (κ1) is 70.1. The van der Waals surface area contributed by atoms with E-state index >= 15 is 0 Å². The van der Waals surface area contributed by atoms with E-state index in [1.807, 2.05) is 6.92 Å². The highest BCUT2D eigenvalue weighted by Crippen LogP contribution is 2.51. The Morgan fingerprint density at radius 1 is 0.610 bits per heavy atom. The van der Waals surface area contributed by atoms with Crippen LogP contribution in [0.5, 0.6) is 0 Å². The molecule has 28 heteroatoms. The first-order valence-electron chi connectivity index (χ1n) is 28.2. The number of carbonyl (C=O) groups is 3. The first-order valence-corrected chi connectivity index (χ1v) is 32.3. The standard InChI is InChI=1S/C33H56N7O6P.C12H21ClO2.C9H14N5O4P.H3N/c1-10-32(11-2)14-23(15-32)45-28(41)30(6,7)38-47(43,39-31(8,9)29(42)46-24-16-33(12-3,13-4)17-24)21-44-22(5)18-40-20-37-25-26(34)35-19-36-27(25)40;1-5-12(6-2)7-9(8-12)15-10(14)11(3,4)13;1-6(18-5-19(15,16)17)2-14-4-13-7-8(10)11-3-12-9(7)14;/h19-20,22-24H,10-18,21H2,1-9H3,(H2,34,35,36)(H2,38,39,43);9H,5-8H2,1-4H3;3-4,6H,2,5H2,1H3,(H2,10,11,12)(H2,15,16,17);1H3/t22-;;6-;/m1.1./s1. The Kier molecular flexibility index (Phi) is 24.1. The lowest BCUT2D eigenvalue weighted by Gasteiger charge is -2.47. The number of hydrogen-bond donors (Lipinski definition) is 7. The number of alkyl halides is 1. The van der Waals surface area contributed by atoms with Crippen LogP contribution in [0, 0.1) is 16.2 Å². The molecular weight excluding hydrogens is 1120 g/mol. The quantitative estimate of drug-likeness (QED) is 0.0133. The number of esters is 3. The zero-order chi connectivity index (χ0) is 60.6. The van der Waals surface area contributed by atoms with Gasteiger partial charge in [0.2, 0.25) is 7.44 Å². The maximum Gasteiger partial charge on any atom is 0.350 e. The smallest absolute Gasteiger partial charge is 0.350 e. The highest BCUT2D eigenvalue weighted by atomic mass is 35.5. The summed E-state index contributed by atoms with van der Waals surface area (Å²) in [6.07, 6.45) is 15.5. The monoisotopic (exact) mass is 1210 g/mol. The molecule has 4 heterocycles. The molecule has 3 saturated carbocycles. The van der Waals surface area contributed by atoms with Crippen LogP contribution in [0.3, 0.4) is 0 Å². The zero-order valence-corrected chi connectivity index (χ0v) is 53.2. The van der Waals surface area contributed by atoms with Crippen molar-refractivity contribution in [2.75, 3.05) is 24.2 Å². The molecule has 2 atom stereocenters. The number of nitrogens with zero attached hydrogens (tertiary/aromatic N) is 8. The molecule has 25 nitrogen and oxygen atoms in total. The van der Waals surface area contributed by atoms with Crippen molar-refractivity contribution in [1.82, 2.24) is 55.4 Å². The number of nitrogens with two attached hydrogens (primary N) is 2. The van der Waals surface area contributed by atoms with Crippen LogP contribution in [-0.2, 0) is 60.3 Å². The predicted molar refractivity (Wildman–Crippen MR) is 316 cm³/mol. The van der Waals surface area contributed by atoms with Crippen LogP contribution < -0.4 is 27.8 Å². The van der Waals surface area contributed by atoms with Gasteiger partial charge in [-0.25, -0.2) is 40.1 Å². The first-order chi connectivity index (χ1) is 37.6. The third kappa shape index (κ3) is 18.3. The van der Waals surface area contributed by atoms with E-state index in [0.29, 0.717) is 40.8 Å². The number of aromatic nitrogens is 8. The van der Waals surface area contributed by atoms with Crippen LogP contribution in [0.1, 0.15) is 174 Å². The molecule has 0 spiro atoms. The number of nitrogen functional groups attached to an aromatic ring is 2. The number of hydrogen-bond acceptors (Lipinski definition) is 19. The van der Waals surface area contributed by atoms with Gasteiger partial charge >= 0.3 is 25.5 Å². The molecule has 4 aromatic rings. The van der Waals surface area contributed by atoms with E-state index in [4.69, 9.17) is 56.5 Å². The molecule has 3 aliphatic carbocycles. The number of nitrogens with one attached hydrogen (secondary N) is 2. The van der Waals surface area contributed by atoms with Crippen molar-refractivity contribution in [3.05, 3.63) is 25.3 Å². The summed E-state index contributed by atoms with van der Waals surface area (Å²) >= 11 is 5.87. The highest BCUT2D eigenvalue weighted by Gasteiger charge is 2.50. The van der Waals surface area contributed by atoms with Gasteiger partial charge in [-0.1, -0.05) is 80.1 Å². The number of carbonyl (C=O) groups excluding carboxylic acids is 3. The summed E-state index contributed by atoms with van der Waals surface area (Å²) in [5.74, 6) is -0.753. The molecule has 11 N–H and O–H groups in total. The summed E-state index contributed by atoms with van der Waals surface area (Å²) in [5.41, 5.74) is 11.8. The van der Waals surface area contributed by atoms with E-state index in [1.165, 1.54) is 31.8 Å². The normalized spacial score (nSPS) is 18.0. The van der Waals surface area contributed by atoms with E-state index in [9.17, 15) is 23.5 Å². The van der Waals surface area contributed by atoms with Crippen molar-refractivity contribution < 1.29 is 57.0 Å². The molecule has 4 aromatic heterocycles. The van der Waals surface area contributed by atoms with Crippen LogP contribution >= 0.6 is 26.6 Å². The molecule has 0 amide bonds. The average molecular weight is 1210 g/mol. The number of rotatable bonds is 26. The van der Waals surface area contributed by atoms with Gasteiger partial charge in [0.25, 0.3) is 0 Å². The van der Waals surface area contributed by atoms with E-state index in [-0.39, 0.29) is 59.2 Å². The Morgan fingerprint density at radius 2 is 0.927 bits per heavy atom. The number of fused-ring (bicyclic) bond motifs is 2. The maximum absolute atomic E-state index is 14.7. The summed E-state index contributed by atoms with van der Waals surface area (Å²) in [6.45, 7) is 27.1. The summed E-state index contributed by atoms with van der Waals surface area (Å²) in [4.78, 5) is 79.5. The fourth-order valence-electron chi connectivity index (χ4n) is 10.6. The molecule has 0 saturated heterocycles. The highest BCUT2D eigenvalue weighted by molar-refractivity contribution is 7.59. The average Bonchev–Trinajstić information content (AvgIpc) is 3.98. The van der Waals surface area contributed by atoms with Gasteiger partial charge in [0.05, 0.1) is 38.0 Å². The summed E-state index contributed by atoms with van der Waals surface area (Å²) in [7, 11) is -7.96. The molecule has 3 fully saturated rings. The van der Waals surface area contributed by atoms with Crippen molar-refractivity contribution in [3.63, 3.8) is 0 Å². The second kappa shape index (κ2) is 28.2. The van der Waals surface area contributed by atoms with E-state index in [2.05, 4.69) is 81.6 Å². The number of anilines is 2. The molecule has 0 aromatic carbocycles. The topological polar surface area (TPSA) is 370 Å². The van der Waals surface area contributed by atoms with Crippen LogP contribution in [-0.4, -0.2) is 126 Å². The molecule has 82 heavy (non-hydrogen) atoms. The molecule has 0 unspecified atom stereocenters. The molecule has 0 bridgehead atoms. The second-order valence-corrected chi connectivity index (χ2v) is 28.9. The van der Waals surface area contributed by atoms with Crippen molar-refractivity contribution in [2.24, 2.45) is 16.2 Å². The van der Waals surface area contributed by atoms with E-state index < -0.39 is 61.5 Å². The lowest BCUT2D eigenvalue weighted by atomic mass is 9.63. The Balaban J connectivity index is 0.000000335. The Hall–Kier alpha value is -4.42. The van der Waals surface area contributed by atoms with Crippen molar-refractivity contribution in [1.29, 1.82) is 0 Å². The summed E-state index contributed by atoms with van der Waals surface area (Å²) in [6, 6.07) is 0. The van der Waals surface area contributed by atoms with E-state index in [0.717, 1.165) is 64.2 Å². The van der Waals surface area contributed by atoms with Gasteiger partial charge in [-0.05, 0) is 110 Å². The van der Waals surface area contributed by atoms with Gasteiger partial charge in [0.1, 0.15) is 70.6 Å². The Labute approximate surface area is 488 Å². The molecule has 0 radical (unpaired) electrons.